The zero-order chi connectivity index (χ0) is 12.8. The molecule has 0 fully saturated rings. The van der Waals surface area contributed by atoms with Crippen molar-refractivity contribution in [3.05, 3.63) is 52.4 Å². The molecular formula is C14H16BrNO2. The third-order valence-electron chi connectivity index (χ3n) is 2.52. The SMILES string of the molecule is CCOc1ccc(Br)cc1CNCc1ccco1. The highest BCUT2D eigenvalue weighted by Gasteiger charge is 2.04. The van der Waals surface area contributed by atoms with E-state index in [4.69, 9.17) is 9.15 Å². The number of benzene rings is 1. The normalized spacial score (nSPS) is 10.6. The van der Waals surface area contributed by atoms with Crippen LogP contribution in [0.3, 0.4) is 0 Å². The number of hydrogen-bond donors (Lipinski definition) is 1. The van der Waals surface area contributed by atoms with Crippen LogP contribution >= 0.6 is 15.9 Å². The van der Waals surface area contributed by atoms with Gasteiger partial charge in [0, 0.05) is 16.6 Å². The summed E-state index contributed by atoms with van der Waals surface area (Å²) in [6, 6.07) is 9.89. The lowest BCUT2D eigenvalue weighted by atomic mass is 10.2. The molecular weight excluding hydrogens is 294 g/mol. The quantitative estimate of drug-likeness (QED) is 0.883. The number of nitrogens with one attached hydrogen (secondary N) is 1. The molecule has 2 aromatic rings. The van der Waals surface area contributed by atoms with Gasteiger partial charge in [0.05, 0.1) is 19.4 Å². The molecule has 0 aliphatic rings. The first-order valence-electron chi connectivity index (χ1n) is 5.94. The van der Waals surface area contributed by atoms with E-state index in [1.54, 1.807) is 6.26 Å². The van der Waals surface area contributed by atoms with E-state index in [1.807, 2.05) is 31.2 Å². The van der Waals surface area contributed by atoms with Crippen molar-refractivity contribution >= 4 is 15.9 Å². The zero-order valence-electron chi connectivity index (χ0n) is 10.3. The van der Waals surface area contributed by atoms with Crippen LogP contribution in [0.2, 0.25) is 0 Å². The Hall–Kier alpha value is -1.26. The van der Waals surface area contributed by atoms with E-state index in [1.165, 1.54) is 0 Å². The highest BCUT2D eigenvalue weighted by Crippen LogP contribution is 2.23. The number of hydrogen-bond acceptors (Lipinski definition) is 3. The first-order chi connectivity index (χ1) is 8.79. The summed E-state index contributed by atoms with van der Waals surface area (Å²) >= 11 is 3.48. The largest absolute Gasteiger partial charge is 0.494 e. The van der Waals surface area contributed by atoms with Crippen LogP contribution < -0.4 is 10.1 Å². The molecule has 0 aliphatic heterocycles. The van der Waals surface area contributed by atoms with Gasteiger partial charge in [0.1, 0.15) is 11.5 Å². The van der Waals surface area contributed by atoms with Gasteiger partial charge in [-0.15, -0.1) is 0 Å². The fourth-order valence-corrected chi connectivity index (χ4v) is 2.12. The Kier molecular flexibility index (Phi) is 4.84. The molecule has 1 aromatic carbocycles. The second-order valence-corrected chi connectivity index (χ2v) is 4.78. The Balaban J connectivity index is 1.96. The predicted molar refractivity (Wildman–Crippen MR) is 74.6 cm³/mol. The van der Waals surface area contributed by atoms with Crippen molar-refractivity contribution in [2.75, 3.05) is 6.61 Å². The van der Waals surface area contributed by atoms with Crippen molar-refractivity contribution in [3.8, 4) is 5.75 Å². The Morgan fingerprint density at radius 1 is 1.28 bits per heavy atom. The lowest BCUT2D eigenvalue weighted by Crippen LogP contribution is -2.13. The van der Waals surface area contributed by atoms with Crippen LogP contribution in [-0.4, -0.2) is 6.61 Å². The molecule has 0 spiro atoms. The van der Waals surface area contributed by atoms with Gasteiger partial charge in [-0.3, -0.25) is 0 Å². The maximum absolute atomic E-state index is 5.60. The fourth-order valence-electron chi connectivity index (χ4n) is 1.72. The summed E-state index contributed by atoms with van der Waals surface area (Å²) in [5.74, 6) is 1.86. The highest BCUT2D eigenvalue weighted by molar-refractivity contribution is 9.10. The van der Waals surface area contributed by atoms with Crippen molar-refractivity contribution < 1.29 is 9.15 Å². The van der Waals surface area contributed by atoms with Gasteiger partial charge in [0.15, 0.2) is 0 Å². The van der Waals surface area contributed by atoms with Crippen molar-refractivity contribution in [1.29, 1.82) is 0 Å². The third kappa shape index (κ3) is 3.62. The van der Waals surface area contributed by atoms with E-state index in [-0.39, 0.29) is 0 Å². The van der Waals surface area contributed by atoms with Gasteiger partial charge in [0.25, 0.3) is 0 Å². The summed E-state index contributed by atoms with van der Waals surface area (Å²) in [6.45, 7) is 4.12. The van der Waals surface area contributed by atoms with Gasteiger partial charge in [-0.2, -0.15) is 0 Å². The standard InChI is InChI=1S/C14H16BrNO2/c1-2-17-14-6-5-12(15)8-11(14)9-16-10-13-4-3-7-18-13/h3-8,16H,2,9-10H2,1H3. The van der Waals surface area contributed by atoms with Crippen LogP contribution in [0.15, 0.2) is 45.5 Å². The minimum Gasteiger partial charge on any atom is -0.494 e. The lowest BCUT2D eigenvalue weighted by Gasteiger charge is -2.11. The van der Waals surface area contributed by atoms with Crippen molar-refractivity contribution in [2.45, 2.75) is 20.0 Å². The van der Waals surface area contributed by atoms with Crippen LogP contribution in [-0.2, 0) is 13.1 Å². The van der Waals surface area contributed by atoms with Crippen molar-refractivity contribution in [2.24, 2.45) is 0 Å². The molecule has 0 amide bonds. The van der Waals surface area contributed by atoms with Gasteiger partial charge < -0.3 is 14.5 Å². The Morgan fingerprint density at radius 3 is 2.89 bits per heavy atom. The van der Waals surface area contributed by atoms with E-state index >= 15 is 0 Å². The van der Waals surface area contributed by atoms with E-state index < -0.39 is 0 Å². The van der Waals surface area contributed by atoms with Gasteiger partial charge >= 0.3 is 0 Å². The summed E-state index contributed by atoms with van der Waals surface area (Å²) in [5, 5.41) is 3.34. The van der Waals surface area contributed by atoms with E-state index in [0.717, 1.165) is 28.1 Å². The molecule has 0 bridgehead atoms. The predicted octanol–water partition coefficient (Wildman–Crippen LogP) is 3.73. The number of rotatable bonds is 6. The molecule has 18 heavy (non-hydrogen) atoms. The molecule has 1 N–H and O–H groups in total. The summed E-state index contributed by atoms with van der Waals surface area (Å²) in [6.07, 6.45) is 1.68. The van der Waals surface area contributed by atoms with Crippen LogP contribution in [0.25, 0.3) is 0 Å². The zero-order valence-corrected chi connectivity index (χ0v) is 11.9. The van der Waals surface area contributed by atoms with Gasteiger partial charge in [-0.1, -0.05) is 15.9 Å². The summed E-state index contributed by atoms with van der Waals surface area (Å²) in [4.78, 5) is 0. The summed E-state index contributed by atoms with van der Waals surface area (Å²) in [7, 11) is 0. The van der Waals surface area contributed by atoms with Crippen molar-refractivity contribution in [1.82, 2.24) is 5.32 Å². The van der Waals surface area contributed by atoms with Crippen molar-refractivity contribution in [3.63, 3.8) is 0 Å². The molecule has 0 aliphatic carbocycles. The summed E-state index contributed by atoms with van der Waals surface area (Å²) in [5.41, 5.74) is 1.14. The fraction of sp³-hybridized carbons (Fsp3) is 0.286. The minimum absolute atomic E-state index is 0.673. The average molecular weight is 310 g/mol. The third-order valence-corrected chi connectivity index (χ3v) is 3.01. The maximum atomic E-state index is 5.60. The topological polar surface area (TPSA) is 34.4 Å². The molecule has 2 rings (SSSR count). The first kappa shape index (κ1) is 13.2. The van der Waals surface area contributed by atoms with Crippen LogP contribution in [0.5, 0.6) is 5.75 Å². The minimum atomic E-state index is 0.673. The lowest BCUT2D eigenvalue weighted by molar-refractivity contribution is 0.335. The molecule has 3 nitrogen and oxygen atoms in total. The summed E-state index contributed by atoms with van der Waals surface area (Å²) < 4.78 is 11.9. The van der Waals surface area contributed by atoms with Gasteiger partial charge in [0.2, 0.25) is 0 Å². The van der Waals surface area contributed by atoms with E-state index in [2.05, 4.69) is 27.3 Å². The number of furan rings is 1. The number of halogens is 1. The maximum Gasteiger partial charge on any atom is 0.123 e. The molecule has 0 radical (unpaired) electrons. The first-order valence-corrected chi connectivity index (χ1v) is 6.73. The van der Waals surface area contributed by atoms with Crippen LogP contribution in [0.4, 0.5) is 0 Å². The molecule has 0 saturated carbocycles. The van der Waals surface area contributed by atoms with Crippen LogP contribution in [0.1, 0.15) is 18.2 Å². The second-order valence-electron chi connectivity index (χ2n) is 3.87. The Morgan fingerprint density at radius 2 is 2.17 bits per heavy atom. The molecule has 0 unspecified atom stereocenters. The molecule has 0 atom stereocenters. The number of ether oxygens (including phenoxy) is 1. The monoisotopic (exact) mass is 309 g/mol. The highest BCUT2D eigenvalue weighted by atomic mass is 79.9. The second kappa shape index (κ2) is 6.61. The van der Waals surface area contributed by atoms with Gasteiger partial charge in [-0.05, 0) is 37.3 Å². The smallest absolute Gasteiger partial charge is 0.123 e. The van der Waals surface area contributed by atoms with Crippen LogP contribution in [0, 0.1) is 0 Å². The average Bonchev–Trinajstić information content (AvgIpc) is 2.86. The van der Waals surface area contributed by atoms with E-state index in [0.29, 0.717) is 13.2 Å². The molecule has 4 heteroatoms. The Bertz CT molecular complexity index is 483. The molecule has 0 saturated heterocycles. The molecule has 96 valence electrons. The van der Waals surface area contributed by atoms with E-state index in [9.17, 15) is 0 Å². The van der Waals surface area contributed by atoms with Gasteiger partial charge in [-0.25, -0.2) is 0 Å². The molecule has 1 aromatic heterocycles. The Labute approximate surface area is 115 Å². The molecule has 1 heterocycles.